The van der Waals surface area contributed by atoms with E-state index in [1.807, 2.05) is 6.07 Å². The summed E-state index contributed by atoms with van der Waals surface area (Å²) in [7, 11) is 0. The van der Waals surface area contributed by atoms with E-state index in [9.17, 15) is 14.0 Å². The summed E-state index contributed by atoms with van der Waals surface area (Å²) in [4.78, 5) is 23.7. The first kappa shape index (κ1) is 14.2. The number of carbonyl (C=O) groups is 1. The van der Waals surface area contributed by atoms with Crippen molar-refractivity contribution in [1.82, 2.24) is 4.57 Å². The molecule has 0 aliphatic carbocycles. The van der Waals surface area contributed by atoms with Gasteiger partial charge >= 0.3 is 0 Å². The van der Waals surface area contributed by atoms with Crippen molar-refractivity contribution in [3.63, 3.8) is 0 Å². The number of nitrogens with zero attached hydrogens (tertiary/aromatic N) is 1. The molecule has 0 saturated carbocycles. The fourth-order valence-electron chi connectivity index (χ4n) is 2.02. The van der Waals surface area contributed by atoms with E-state index in [4.69, 9.17) is 0 Å². The number of aryl methyl sites for hydroxylation is 2. The van der Waals surface area contributed by atoms with E-state index in [0.29, 0.717) is 30.5 Å². The first-order valence-electron chi connectivity index (χ1n) is 6.53. The minimum atomic E-state index is -0.354. The van der Waals surface area contributed by atoms with Crippen LogP contribution in [-0.2, 0) is 6.54 Å². The van der Waals surface area contributed by atoms with Crippen LogP contribution in [-0.4, -0.2) is 10.4 Å². The smallest absolute Gasteiger partial charge is 0.253 e. The Morgan fingerprint density at radius 1 is 1.20 bits per heavy atom. The van der Waals surface area contributed by atoms with Gasteiger partial charge in [-0.3, -0.25) is 9.59 Å². The Morgan fingerprint density at radius 3 is 2.60 bits per heavy atom. The quantitative estimate of drug-likeness (QED) is 0.786. The fraction of sp³-hybridized carbons (Fsp3) is 0.250. The van der Waals surface area contributed by atoms with Crippen molar-refractivity contribution >= 4 is 5.78 Å². The number of rotatable bonds is 5. The van der Waals surface area contributed by atoms with Crippen molar-refractivity contribution in [2.45, 2.75) is 26.3 Å². The first-order chi connectivity index (χ1) is 9.58. The number of hydrogen-bond donors (Lipinski definition) is 0. The monoisotopic (exact) mass is 273 g/mol. The van der Waals surface area contributed by atoms with Gasteiger partial charge in [-0.05, 0) is 43.7 Å². The number of pyridine rings is 1. The summed E-state index contributed by atoms with van der Waals surface area (Å²) in [6.07, 6.45) is 2.64. The molecule has 0 bridgehead atoms. The summed E-state index contributed by atoms with van der Waals surface area (Å²) >= 11 is 0. The highest BCUT2D eigenvalue weighted by molar-refractivity contribution is 5.95. The molecule has 0 aliphatic heterocycles. The van der Waals surface area contributed by atoms with Gasteiger partial charge in [0.2, 0.25) is 0 Å². The van der Waals surface area contributed by atoms with Gasteiger partial charge in [0.25, 0.3) is 5.56 Å². The molecule has 0 saturated heterocycles. The minimum absolute atomic E-state index is 0.0262. The molecule has 2 aromatic rings. The topological polar surface area (TPSA) is 39.1 Å². The average molecular weight is 273 g/mol. The molecule has 1 aromatic carbocycles. The lowest BCUT2D eigenvalue weighted by molar-refractivity contribution is 0.0978. The SMILES string of the molecule is Cc1cccn(CCCC(=O)c2ccc(F)cc2)c1=O. The zero-order valence-corrected chi connectivity index (χ0v) is 11.3. The summed E-state index contributed by atoms with van der Waals surface area (Å²) < 4.78 is 14.4. The molecule has 4 heteroatoms. The Morgan fingerprint density at radius 2 is 1.90 bits per heavy atom. The zero-order chi connectivity index (χ0) is 14.5. The maximum atomic E-state index is 12.8. The van der Waals surface area contributed by atoms with Gasteiger partial charge in [-0.25, -0.2) is 4.39 Å². The second-order valence-electron chi connectivity index (χ2n) is 4.72. The number of ketones is 1. The van der Waals surface area contributed by atoms with Crippen LogP contribution in [0.5, 0.6) is 0 Å². The molecule has 0 atom stereocenters. The van der Waals surface area contributed by atoms with Crippen LogP contribution in [0.2, 0.25) is 0 Å². The van der Waals surface area contributed by atoms with E-state index in [0.717, 1.165) is 0 Å². The number of hydrogen-bond acceptors (Lipinski definition) is 2. The predicted octanol–water partition coefficient (Wildman–Crippen LogP) is 2.96. The van der Waals surface area contributed by atoms with Gasteiger partial charge in [-0.15, -0.1) is 0 Å². The van der Waals surface area contributed by atoms with Gasteiger partial charge in [-0.2, -0.15) is 0 Å². The maximum absolute atomic E-state index is 12.8. The Hall–Kier alpha value is -2.23. The summed E-state index contributed by atoms with van der Waals surface area (Å²) in [5.74, 6) is -0.390. The van der Waals surface area contributed by atoms with Crippen molar-refractivity contribution in [2.24, 2.45) is 0 Å². The highest BCUT2D eigenvalue weighted by Gasteiger charge is 2.06. The third-order valence-electron chi connectivity index (χ3n) is 3.18. The number of Topliss-reactive ketones (excluding diaryl/α,β-unsaturated/α-hetero) is 1. The molecule has 0 N–H and O–H groups in total. The van der Waals surface area contributed by atoms with E-state index >= 15 is 0 Å². The molecule has 1 aromatic heterocycles. The molecular weight excluding hydrogens is 257 g/mol. The highest BCUT2D eigenvalue weighted by atomic mass is 19.1. The molecule has 0 spiro atoms. The largest absolute Gasteiger partial charge is 0.315 e. The Kier molecular flexibility index (Phi) is 4.45. The van der Waals surface area contributed by atoms with Gasteiger partial charge < -0.3 is 4.57 Å². The second-order valence-corrected chi connectivity index (χ2v) is 4.72. The molecule has 20 heavy (non-hydrogen) atoms. The van der Waals surface area contributed by atoms with Crippen molar-refractivity contribution < 1.29 is 9.18 Å². The van der Waals surface area contributed by atoms with Crippen LogP contribution >= 0.6 is 0 Å². The van der Waals surface area contributed by atoms with Gasteiger partial charge in [0.1, 0.15) is 5.82 Å². The lowest BCUT2D eigenvalue weighted by Crippen LogP contribution is -2.21. The van der Waals surface area contributed by atoms with Crippen molar-refractivity contribution in [1.29, 1.82) is 0 Å². The fourth-order valence-corrected chi connectivity index (χ4v) is 2.02. The summed E-state index contributed by atoms with van der Waals surface area (Å²) in [6.45, 7) is 2.27. The highest BCUT2D eigenvalue weighted by Crippen LogP contribution is 2.07. The third kappa shape index (κ3) is 3.41. The Balaban J connectivity index is 1.93. The maximum Gasteiger partial charge on any atom is 0.253 e. The van der Waals surface area contributed by atoms with Crippen LogP contribution in [0.25, 0.3) is 0 Å². The lowest BCUT2D eigenvalue weighted by Gasteiger charge is -2.06. The molecule has 3 nitrogen and oxygen atoms in total. The Bertz CT molecular complexity index is 659. The normalized spacial score (nSPS) is 10.5. The first-order valence-corrected chi connectivity index (χ1v) is 6.53. The van der Waals surface area contributed by atoms with Gasteiger partial charge in [0, 0.05) is 30.3 Å². The molecule has 0 unspecified atom stereocenters. The molecule has 0 radical (unpaired) electrons. The van der Waals surface area contributed by atoms with Crippen molar-refractivity contribution in [3.8, 4) is 0 Å². The average Bonchev–Trinajstić information content (AvgIpc) is 2.44. The van der Waals surface area contributed by atoms with E-state index in [2.05, 4.69) is 0 Å². The van der Waals surface area contributed by atoms with Gasteiger partial charge in [0.05, 0.1) is 0 Å². The van der Waals surface area contributed by atoms with Crippen LogP contribution in [0.4, 0.5) is 4.39 Å². The molecule has 2 rings (SSSR count). The molecule has 104 valence electrons. The van der Waals surface area contributed by atoms with Crippen LogP contribution in [0, 0.1) is 12.7 Å². The van der Waals surface area contributed by atoms with Crippen LogP contribution in [0.3, 0.4) is 0 Å². The van der Waals surface area contributed by atoms with Gasteiger partial charge in [0.15, 0.2) is 5.78 Å². The van der Waals surface area contributed by atoms with Crippen LogP contribution < -0.4 is 5.56 Å². The summed E-state index contributed by atoms with van der Waals surface area (Å²) in [5.41, 5.74) is 1.17. The van der Waals surface area contributed by atoms with E-state index in [1.165, 1.54) is 24.3 Å². The van der Waals surface area contributed by atoms with Gasteiger partial charge in [-0.1, -0.05) is 6.07 Å². The van der Waals surface area contributed by atoms with E-state index < -0.39 is 0 Å². The number of benzene rings is 1. The zero-order valence-electron chi connectivity index (χ0n) is 11.3. The minimum Gasteiger partial charge on any atom is -0.315 e. The molecule has 0 amide bonds. The molecular formula is C16H16FNO2. The number of carbonyl (C=O) groups excluding carboxylic acids is 1. The number of halogens is 1. The number of aromatic nitrogens is 1. The summed E-state index contributed by atoms with van der Waals surface area (Å²) in [6, 6.07) is 9.10. The second kappa shape index (κ2) is 6.28. The van der Waals surface area contributed by atoms with E-state index in [-0.39, 0.29) is 17.2 Å². The molecule has 0 fully saturated rings. The Labute approximate surface area is 116 Å². The molecule has 1 heterocycles. The van der Waals surface area contributed by atoms with E-state index in [1.54, 1.807) is 23.8 Å². The lowest BCUT2D eigenvalue weighted by atomic mass is 10.1. The third-order valence-corrected chi connectivity index (χ3v) is 3.18. The van der Waals surface area contributed by atoms with Crippen molar-refractivity contribution in [3.05, 3.63) is 69.9 Å². The van der Waals surface area contributed by atoms with Crippen LogP contribution in [0.1, 0.15) is 28.8 Å². The molecule has 0 aliphatic rings. The van der Waals surface area contributed by atoms with Crippen molar-refractivity contribution in [2.75, 3.05) is 0 Å². The standard InChI is InChI=1S/C16H16FNO2/c1-12-4-2-10-18(16(12)20)11-3-5-15(19)13-6-8-14(17)9-7-13/h2,4,6-10H,3,5,11H2,1H3. The summed E-state index contributed by atoms with van der Waals surface area (Å²) in [5, 5.41) is 0. The van der Waals surface area contributed by atoms with Crippen LogP contribution in [0.15, 0.2) is 47.4 Å². The predicted molar refractivity (Wildman–Crippen MR) is 75.4 cm³/mol.